The summed E-state index contributed by atoms with van der Waals surface area (Å²) in [7, 11) is 1.84. The van der Waals surface area contributed by atoms with E-state index in [1.807, 2.05) is 7.05 Å². The van der Waals surface area contributed by atoms with Crippen molar-refractivity contribution < 1.29 is 9.47 Å². The minimum atomic E-state index is 0.307. The highest BCUT2D eigenvalue weighted by Gasteiger charge is 2.20. The zero-order chi connectivity index (χ0) is 19.4. The maximum atomic E-state index is 5.81. The molecule has 1 unspecified atom stereocenters. The average molecular weight is 371 g/mol. The standard InChI is InChI=1S/C20H42N4O2/c1-7-25-19(16(2)3)8-11-22-20(21-6)23-18-9-12-24(13-10-18)14-15-26-17(4)5/h16-19H,7-15H2,1-6H3,(H2,21,22,23). The molecule has 1 saturated heterocycles. The fourth-order valence-corrected chi connectivity index (χ4v) is 3.26. The van der Waals surface area contributed by atoms with Crippen LogP contribution in [-0.2, 0) is 9.47 Å². The molecule has 0 bridgehead atoms. The second-order valence-corrected chi connectivity index (χ2v) is 7.71. The molecule has 1 atom stereocenters. The maximum absolute atomic E-state index is 5.81. The SMILES string of the molecule is CCOC(CCNC(=NC)NC1CCN(CCOC(C)C)CC1)C(C)C. The number of piperidine rings is 1. The van der Waals surface area contributed by atoms with Gasteiger partial charge in [-0.05, 0) is 46.0 Å². The van der Waals surface area contributed by atoms with E-state index in [9.17, 15) is 0 Å². The Bertz CT molecular complexity index is 380. The van der Waals surface area contributed by atoms with Crippen LogP contribution in [0.3, 0.4) is 0 Å². The van der Waals surface area contributed by atoms with Crippen LogP contribution < -0.4 is 10.6 Å². The van der Waals surface area contributed by atoms with Crippen molar-refractivity contribution in [2.45, 2.75) is 72.1 Å². The van der Waals surface area contributed by atoms with Crippen molar-refractivity contribution in [3.05, 3.63) is 0 Å². The van der Waals surface area contributed by atoms with Gasteiger partial charge in [0.2, 0.25) is 0 Å². The first kappa shape index (κ1) is 23.2. The average Bonchev–Trinajstić information content (AvgIpc) is 2.61. The molecule has 1 rings (SSSR count). The number of hydrogen-bond donors (Lipinski definition) is 2. The van der Waals surface area contributed by atoms with Gasteiger partial charge in [0.25, 0.3) is 0 Å². The summed E-state index contributed by atoms with van der Waals surface area (Å²) >= 11 is 0. The normalized spacial score (nSPS) is 18.5. The zero-order valence-electron chi connectivity index (χ0n) is 17.9. The summed E-state index contributed by atoms with van der Waals surface area (Å²) < 4.78 is 11.5. The van der Waals surface area contributed by atoms with Gasteiger partial charge in [-0.2, -0.15) is 0 Å². The molecular formula is C20H42N4O2. The number of ether oxygens (including phenoxy) is 2. The highest BCUT2D eigenvalue weighted by atomic mass is 16.5. The first-order chi connectivity index (χ1) is 12.5. The van der Waals surface area contributed by atoms with Crippen LogP contribution in [0, 0.1) is 5.92 Å². The van der Waals surface area contributed by atoms with Gasteiger partial charge in [0.15, 0.2) is 5.96 Å². The molecule has 6 heteroatoms. The van der Waals surface area contributed by atoms with E-state index in [1.54, 1.807) is 0 Å². The molecule has 0 aliphatic carbocycles. The van der Waals surface area contributed by atoms with E-state index in [0.717, 1.165) is 64.6 Å². The molecule has 26 heavy (non-hydrogen) atoms. The summed E-state index contributed by atoms with van der Waals surface area (Å²) in [4.78, 5) is 6.87. The molecule has 0 aromatic rings. The molecule has 1 fully saturated rings. The van der Waals surface area contributed by atoms with Crippen LogP contribution in [0.1, 0.15) is 53.9 Å². The van der Waals surface area contributed by atoms with Crippen LogP contribution in [0.15, 0.2) is 4.99 Å². The summed E-state index contributed by atoms with van der Waals surface area (Å²) in [6.07, 6.45) is 3.93. The molecule has 0 saturated carbocycles. The first-order valence-electron chi connectivity index (χ1n) is 10.4. The predicted octanol–water partition coefficient (Wildman–Crippen LogP) is 2.49. The Labute approximate surface area is 161 Å². The summed E-state index contributed by atoms with van der Waals surface area (Å²) in [5.74, 6) is 1.45. The van der Waals surface area contributed by atoms with Gasteiger partial charge in [0.05, 0.1) is 18.8 Å². The monoisotopic (exact) mass is 370 g/mol. The number of rotatable bonds is 11. The number of likely N-dealkylation sites (tertiary alicyclic amines) is 1. The third-order valence-corrected chi connectivity index (χ3v) is 4.86. The lowest BCUT2D eigenvalue weighted by Crippen LogP contribution is -2.49. The molecule has 0 aromatic carbocycles. The summed E-state index contributed by atoms with van der Waals surface area (Å²) in [5, 5.41) is 7.02. The number of nitrogens with one attached hydrogen (secondary N) is 2. The highest BCUT2D eigenvalue weighted by molar-refractivity contribution is 5.79. The Morgan fingerprint density at radius 1 is 1.15 bits per heavy atom. The Morgan fingerprint density at radius 2 is 1.85 bits per heavy atom. The van der Waals surface area contributed by atoms with Gasteiger partial charge in [-0.1, -0.05) is 13.8 Å². The van der Waals surface area contributed by atoms with Crippen molar-refractivity contribution in [1.29, 1.82) is 0 Å². The summed E-state index contributed by atoms with van der Waals surface area (Å²) in [5.41, 5.74) is 0. The van der Waals surface area contributed by atoms with E-state index >= 15 is 0 Å². The van der Waals surface area contributed by atoms with Crippen molar-refractivity contribution >= 4 is 5.96 Å². The molecule has 1 aliphatic heterocycles. The van der Waals surface area contributed by atoms with Crippen molar-refractivity contribution in [3.63, 3.8) is 0 Å². The van der Waals surface area contributed by atoms with Crippen molar-refractivity contribution in [2.24, 2.45) is 10.9 Å². The Balaban J connectivity index is 2.23. The molecule has 154 valence electrons. The molecule has 1 heterocycles. The fraction of sp³-hybridized carbons (Fsp3) is 0.950. The largest absolute Gasteiger partial charge is 0.378 e. The van der Waals surface area contributed by atoms with Crippen molar-refractivity contribution in [1.82, 2.24) is 15.5 Å². The van der Waals surface area contributed by atoms with Gasteiger partial charge in [-0.3, -0.25) is 4.99 Å². The molecule has 0 radical (unpaired) electrons. The lowest BCUT2D eigenvalue weighted by molar-refractivity contribution is 0.0258. The first-order valence-corrected chi connectivity index (χ1v) is 10.4. The molecule has 1 aliphatic rings. The van der Waals surface area contributed by atoms with Crippen LogP contribution in [0.4, 0.5) is 0 Å². The third-order valence-electron chi connectivity index (χ3n) is 4.86. The number of nitrogens with zero attached hydrogens (tertiary/aromatic N) is 2. The van der Waals surface area contributed by atoms with Crippen LogP contribution in [0.25, 0.3) is 0 Å². The highest BCUT2D eigenvalue weighted by Crippen LogP contribution is 2.11. The minimum Gasteiger partial charge on any atom is -0.378 e. The molecule has 0 aromatic heterocycles. The fourth-order valence-electron chi connectivity index (χ4n) is 3.26. The van der Waals surface area contributed by atoms with E-state index in [2.05, 4.69) is 55.1 Å². The van der Waals surface area contributed by atoms with Crippen LogP contribution >= 0.6 is 0 Å². The van der Waals surface area contributed by atoms with Gasteiger partial charge in [0, 0.05) is 45.9 Å². The van der Waals surface area contributed by atoms with Gasteiger partial charge < -0.3 is 25.0 Å². The zero-order valence-corrected chi connectivity index (χ0v) is 17.9. The second kappa shape index (κ2) is 13.3. The van der Waals surface area contributed by atoms with E-state index in [-0.39, 0.29) is 0 Å². The van der Waals surface area contributed by atoms with Gasteiger partial charge >= 0.3 is 0 Å². The van der Waals surface area contributed by atoms with Gasteiger partial charge in [0.1, 0.15) is 0 Å². The quantitative estimate of drug-likeness (QED) is 0.432. The number of aliphatic imine (C=N–C) groups is 1. The topological polar surface area (TPSA) is 58.1 Å². The molecule has 0 amide bonds. The Hall–Kier alpha value is -0.850. The van der Waals surface area contributed by atoms with Crippen LogP contribution in [0.5, 0.6) is 0 Å². The lowest BCUT2D eigenvalue weighted by Gasteiger charge is -2.33. The van der Waals surface area contributed by atoms with Crippen molar-refractivity contribution in [2.75, 3.05) is 46.4 Å². The molecule has 6 nitrogen and oxygen atoms in total. The van der Waals surface area contributed by atoms with E-state index in [4.69, 9.17) is 9.47 Å². The molecular weight excluding hydrogens is 328 g/mol. The number of guanidine groups is 1. The van der Waals surface area contributed by atoms with Gasteiger partial charge in [-0.15, -0.1) is 0 Å². The Morgan fingerprint density at radius 3 is 2.38 bits per heavy atom. The van der Waals surface area contributed by atoms with Gasteiger partial charge in [-0.25, -0.2) is 0 Å². The van der Waals surface area contributed by atoms with E-state index < -0.39 is 0 Å². The van der Waals surface area contributed by atoms with Crippen LogP contribution in [0.2, 0.25) is 0 Å². The van der Waals surface area contributed by atoms with Crippen molar-refractivity contribution in [3.8, 4) is 0 Å². The van der Waals surface area contributed by atoms with Crippen LogP contribution in [-0.4, -0.2) is 75.5 Å². The smallest absolute Gasteiger partial charge is 0.191 e. The minimum absolute atomic E-state index is 0.307. The van der Waals surface area contributed by atoms with E-state index in [0.29, 0.717) is 24.2 Å². The van der Waals surface area contributed by atoms with E-state index in [1.165, 1.54) is 0 Å². The lowest BCUT2D eigenvalue weighted by atomic mass is 10.0. The summed E-state index contributed by atoms with van der Waals surface area (Å²) in [6.45, 7) is 16.4. The molecule has 2 N–H and O–H groups in total. The number of hydrogen-bond acceptors (Lipinski definition) is 4. The predicted molar refractivity (Wildman–Crippen MR) is 110 cm³/mol. The molecule has 0 spiro atoms. The Kier molecular flexibility index (Phi) is 11.9. The maximum Gasteiger partial charge on any atom is 0.191 e. The summed E-state index contributed by atoms with van der Waals surface area (Å²) in [6, 6.07) is 0.497. The third kappa shape index (κ3) is 9.74. The second-order valence-electron chi connectivity index (χ2n) is 7.71.